The molecule has 1 aromatic carbocycles. The lowest BCUT2D eigenvalue weighted by molar-refractivity contribution is -0.137. The number of nitrogens with zero attached hydrogens (tertiary/aromatic N) is 1. The fraction of sp³-hybridized carbons (Fsp3) is 0.400. The summed E-state index contributed by atoms with van der Waals surface area (Å²) in [6, 6.07) is 5.31. The Morgan fingerprint density at radius 1 is 1.21 bits per heavy atom. The van der Waals surface area contributed by atoms with Crippen LogP contribution >= 0.6 is 11.6 Å². The zero-order chi connectivity index (χ0) is 25.2. The lowest BCUT2D eigenvalue weighted by atomic mass is 10.1. The van der Waals surface area contributed by atoms with Crippen LogP contribution in [0.3, 0.4) is 0 Å². The SMILES string of the molecule is CC/C=C(\C(=O)OCC)C(/C=C(/Cl)NC)=Nc1cccc(C(C)=N)c1OC.CC/C=C/NC. The molecule has 182 valence electrons. The van der Waals surface area contributed by atoms with Crippen LogP contribution in [0.5, 0.6) is 5.75 Å². The summed E-state index contributed by atoms with van der Waals surface area (Å²) in [6.45, 7) is 7.69. The maximum absolute atomic E-state index is 12.4. The van der Waals surface area contributed by atoms with Crippen LogP contribution < -0.4 is 15.4 Å². The van der Waals surface area contributed by atoms with Gasteiger partial charge in [0, 0.05) is 25.4 Å². The van der Waals surface area contributed by atoms with E-state index < -0.39 is 5.97 Å². The summed E-state index contributed by atoms with van der Waals surface area (Å²) in [4.78, 5) is 17.0. The van der Waals surface area contributed by atoms with E-state index in [9.17, 15) is 4.79 Å². The lowest BCUT2D eigenvalue weighted by Crippen LogP contribution is -2.16. The van der Waals surface area contributed by atoms with Crippen molar-refractivity contribution in [3.05, 3.63) is 58.9 Å². The van der Waals surface area contributed by atoms with Crippen molar-refractivity contribution in [3.63, 3.8) is 0 Å². The number of carbonyl (C=O) groups is 1. The summed E-state index contributed by atoms with van der Waals surface area (Å²) >= 11 is 6.13. The predicted octanol–water partition coefficient (Wildman–Crippen LogP) is 5.48. The van der Waals surface area contributed by atoms with Crippen LogP contribution in [-0.4, -0.2) is 45.2 Å². The number of ether oxygens (including phenoxy) is 2. The second-order valence-corrected chi connectivity index (χ2v) is 6.98. The fourth-order valence-corrected chi connectivity index (χ4v) is 2.66. The first-order valence-corrected chi connectivity index (χ1v) is 11.2. The summed E-state index contributed by atoms with van der Waals surface area (Å²) < 4.78 is 10.6. The molecule has 33 heavy (non-hydrogen) atoms. The maximum atomic E-state index is 12.4. The fourth-order valence-electron chi connectivity index (χ4n) is 2.56. The van der Waals surface area contributed by atoms with Gasteiger partial charge in [-0.05, 0) is 51.1 Å². The molecule has 0 spiro atoms. The van der Waals surface area contributed by atoms with Crippen LogP contribution in [-0.2, 0) is 9.53 Å². The van der Waals surface area contributed by atoms with Crippen molar-refractivity contribution in [3.8, 4) is 5.75 Å². The minimum Gasteiger partial charge on any atom is -0.494 e. The van der Waals surface area contributed by atoms with E-state index in [2.05, 4.69) is 28.6 Å². The molecule has 0 bridgehead atoms. The first kappa shape index (κ1) is 29.9. The molecule has 0 radical (unpaired) electrons. The van der Waals surface area contributed by atoms with Gasteiger partial charge >= 0.3 is 5.97 Å². The molecule has 8 heteroatoms. The van der Waals surface area contributed by atoms with Crippen LogP contribution in [0.2, 0.25) is 0 Å². The van der Waals surface area contributed by atoms with Gasteiger partial charge in [0.2, 0.25) is 0 Å². The zero-order valence-electron chi connectivity index (χ0n) is 20.7. The molecule has 0 aromatic heterocycles. The van der Waals surface area contributed by atoms with Gasteiger partial charge in [0.1, 0.15) is 10.8 Å². The summed E-state index contributed by atoms with van der Waals surface area (Å²) in [5.41, 5.74) is 2.11. The van der Waals surface area contributed by atoms with Gasteiger partial charge in [0.25, 0.3) is 0 Å². The van der Waals surface area contributed by atoms with Gasteiger partial charge < -0.3 is 25.5 Å². The van der Waals surface area contributed by atoms with Crippen LogP contribution in [0.1, 0.15) is 46.1 Å². The number of nitrogens with one attached hydrogen (secondary N) is 3. The highest BCUT2D eigenvalue weighted by Gasteiger charge is 2.18. The van der Waals surface area contributed by atoms with E-state index in [4.69, 9.17) is 26.5 Å². The number of halogens is 1. The number of methoxy groups -OCH3 is 1. The van der Waals surface area contributed by atoms with Gasteiger partial charge in [0.15, 0.2) is 5.75 Å². The van der Waals surface area contributed by atoms with E-state index in [1.54, 1.807) is 51.2 Å². The number of allylic oxidation sites excluding steroid dienone is 3. The molecule has 0 amide bonds. The predicted molar refractivity (Wildman–Crippen MR) is 139 cm³/mol. The van der Waals surface area contributed by atoms with E-state index >= 15 is 0 Å². The second-order valence-electron chi connectivity index (χ2n) is 6.57. The van der Waals surface area contributed by atoms with Crippen LogP contribution in [0.25, 0.3) is 0 Å². The number of aliphatic imine (C=N–C) groups is 1. The molecular weight excluding hydrogens is 440 g/mol. The van der Waals surface area contributed by atoms with E-state index in [1.807, 2.05) is 20.2 Å². The summed E-state index contributed by atoms with van der Waals surface area (Å²) in [5.74, 6) is -0.0236. The molecular formula is C25H37ClN4O3. The molecule has 0 saturated carbocycles. The normalized spacial score (nSPS) is 12.1. The van der Waals surface area contributed by atoms with Gasteiger partial charge in [-0.25, -0.2) is 9.79 Å². The van der Waals surface area contributed by atoms with Gasteiger partial charge in [-0.15, -0.1) is 0 Å². The molecule has 0 atom stereocenters. The molecule has 3 N–H and O–H groups in total. The summed E-state index contributed by atoms with van der Waals surface area (Å²) in [5, 5.41) is 13.9. The molecule has 1 aromatic rings. The molecule has 0 fully saturated rings. The molecule has 0 aliphatic heterocycles. The number of esters is 1. The van der Waals surface area contributed by atoms with E-state index in [-0.39, 0.29) is 6.61 Å². The maximum Gasteiger partial charge on any atom is 0.339 e. The first-order valence-electron chi connectivity index (χ1n) is 10.9. The zero-order valence-corrected chi connectivity index (χ0v) is 21.5. The van der Waals surface area contributed by atoms with Gasteiger partial charge in [0.05, 0.1) is 25.0 Å². The molecule has 0 aliphatic rings. The van der Waals surface area contributed by atoms with Gasteiger partial charge in [-0.1, -0.05) is 43.7 Å². The number of carbonyl (C=O) groups excluding carboxylic acids is 1. The first-order chi connectivity index (χ1) is 15.8. The number of hydrogen-bond acceptors (Lipinski definition) is 7. The highest BCUT2D eigenvalue weighted by Crippen LogP contribution is 2.32. The average Bonchev–Trinajstić information content (AvgIpc) is 2.80. The van der Waals surface area contributed by atoms with E-state index in [1.165, 1.54) is 7.11 Å². The van der Waals surface area contributed by atoms with Crippen LogP contribution in [0.15, 0.2) is 58.3 Å². The highest BCUT2D eigenvalue weighted by molar-refractivity contribution is 6.34. The van der Waals surface area contributed by atoms with E-state index in [0.29, 0.717) is 45.6 Å². The van der Waals surface area contributed by atoms with Crippen molar-refractivity contribution in [1.82, 2.24) is 10.6 Å². The third-order valence-electron chi connectivity index (χ3n) is 4.05. The summed E-state index contributed by atoms with van der Waals surface area (Å²) in [7, 11) is 5.08. The molecule has 0 aliphatic carbocycles. The number of hydrogen-bond donors (Lipinski definition) is 3. The Morgan fingerprint density at radius 3 is 2.36 bits per heavy atom. The van der Waals surface area contributed by atoms with Gasteiger partial charge in [-0.2, -0.15) is 0 Å². The topological polar surface area (TPSA) is 95.8 Å². The Hall–Kier alpha value is -3.06. The van der Waals surface area contributed by atoms with Crippen molar-refractivity contribution in [1.29, 1.82) is 5.41 Å². The molecule has 0 saturated heterocycles. The highest BCUT2D eigenvalue weighted by atomic mass is 35.5. The van der Waals surface area contributed by atoms with Crippen molar-refractivity contribution < 1.29 is 14.3 Å². The van der Waals surface area contributed by atoms with Crippen molar-refractivity contribution in [2.24, 2.45) is 4.99 Å². The second kappa shape index (κ2) is 17.5. The molecule has 0 unspecified atom stereocenters. The number of rotatable bonds is 11. The Labute approximate surface area is 203 Å². The molecule has 1 rings (SSSR count). The smallest absolute Gasteiger partial charge is 0.339 e. The third-order valence-corrected chi connectivity index (χ3v) is 4.34. The minimum absolute atomic E-state index is 0.252. The Bertz CT molecular complexity index is 884. The largest absolute Gasteiger partial charge is 0.494 e. The van der Waals surface area contributed by atoms with Crippen molar-refractivity contribution >= 4 is 34.7 Å². The lowest BCUT2D eigenvalue weighted by Gasteiger charge is -2.12. The molecule has 0 heterocycles. The number of benzene rings is 1. The van der Waals surface area contributed by atoms with Crippen LogP contribution in [0, 0.1) is 5.41 Å². The minimum atomic E-state index is -0.478. The van der Waals surface area contributed by atoms with Crippen LogP contribution in [0.4, 0.5) is 5.69 Å². The third kappa shape index (κ3) is 10.9. The Kier molecular flexibility index (Phi) is 15.9. The number of para-hydroxylation sites is 1. The Morgan fingerprint density at radius 2 is 1.91 bits per heavy atom. The monoisotopic (exact) mass is 476 g/mol. The van der Waals surface area contributed by atoms with E-state index in [0.717, 1.165) is 6.42 Å². The van der Waals surface area contributed by atoms with Crippen molar-refractivity contribution in [2.45, 2.75) is 40.5 Å². The standard InChI is InChI=1S/C20H26ClN3O3.C5H11N/c1-6-9-15(20(25)27-7-2)17(12-18(21)23-4)24-16-11-8-10-14(13(3)22)19(16)26-5;1-3-4-5-6-2/h8-12,22-23H,6-7H2,1-5H3;4-6H,3H2,1-2H3/b15-9-,18-12-,22-13?,24-17?;5-4+. The van der Waals surface area contributed by atoms with Gasteiger partial charge in [-0.3, -0.25) is 0 Å². The summed E-state index contributed by atoms with van der Waals surface area (Å²) in [6.07, 6.45) is 9.03. The molecule has 7 nitrogen and oxygen atoms in total. The Balaban J connectivity index is 0.00000150. The van der Waals surface area contributed by atoms with Crippen molar-refractivity contribution in [2.75, 3.05) is 27.8 Å². The average molecular weight is 477 g/mol. The quantitative estimate of drug-likeness (QED) is 0.170.